The Morgan fingerprint density at radius 1 is 1.44 bits per heavy atom. The molecule has 0 atom stereocenters. The summed E-state index contributed by atoms with van der Waals surface area (Å²) >= 11 is 5.70. The van der Waals surface area contributed by atoms with Crippen LogP contribution in [0.15, 0.2) is 17.0 Å². The molecule has 0 amide bonds. The van der Waals surface area contributed by atoms with Gasteiger partial charge >= 0.3 is 0 Å². The Morgan fingerprint density at radius 2 is 2.06 bits per heavy atom. The Kier molecular flexibility index (Phi) is 4.84. The minimum Gasteiger partial charge on any atom is -0.294 e. The Bertz CT molecular complexity index is 572. The second kappa shape index (κ2) is 5.77. The maximum Gasteiger partial charge on any atom is 0.242 e. The van der Waals surface area contributed by atoms with Gasteiger partial charge in [-0.15, -0.1) is 0 Å². The monoisotopic (exact) mass is 293 g/mol. The molecule has 0 saturated heterocycles. The fourth-order valence-electron chi connectivity index (χ4n) is 1.32. The molecule has 0 heterocycles. The zero-order valence-corrected chi connectivity index (χ0v) is 11.5. The van der Waals surface area contributed by atoms with Crippen LogP contribution in [0.25, 0.3) is 0 Å². The molecule has 7 heteroatoms. The Labute approximate surface area is 110 Å². The lowest BCUT2D eigenvalue weighted by Crippen LogP contribution is -2.25. The van der Waals surface area contributed by atoms with Gasteiger partial charge in [-0.25, -0.2) is 17.5 Å². The van der Waals surface area contributed by atoms with Crippen molar-refractivity contribution in [1.29, 1.82) is 0 Å². The molecule has 0 bridgehead atoms. The molecule has 0 aromatic heterocycles. The van der Waals surface area contributed by atoms with Crippen LogP contribution in [0.4, 0.5) is 4.39 Å². The summed E-state index contributed by atoms with van der Waals surface area (Å²) in [6.45, 7) is 3.20. The van der Waals surface area contributed by atoms with Crippen molar-refractivity contribution in [3.8, 4) is 0 Å². The van der Waals surface area contributed by atoms with Crippen molar-refractivity contribution in [1.82, 2.24) is 4.72 Å². The lowest BCUT2D eigenvalue weighted by atomic mass is 10.1. The maximum atomic E-state index is 13.4. The number of carbonyl (C=O) groups excluding carboxylic acids is 1. The predicted octanol–water partition coefficient (Wildman–Crippen LogP) is 2.37. The van der Waals surface area contributed by atoms with Crippen LogP contribution in [0.3, 0.4) is 0 Å². The summed E-state index contributed by atoms with van der Waals surface area (Å²) in [4.78, 5) is 10.9. The number of halogens is 2. The lowest BCUT2D eigenvalue weighted by Gasteiger charge is -2.09. The van der Waals surface area contributed by atoms with Gasteiger partial charge in [-0.2, -0.15) is 0 Å². The molecule has 1 aromatic carbocycles. The normalized spacial score (nSPS) is 11.6. The van der Waals surface area contributed by atoms with Gasteiger partial charge in [0.25, 0.3) is 0 Å². The van der Waals surface area contributed by atoms with Crippen LogP contribution in [0.1, 0.15) is 30.6 Å². The third kappa shape index (κ3) is 3.28. The molecule has 1 aromatic rings. The molecular weight excluding hydrogens is 281 g/mol. The van der Waals surface area contributed by atoms with Crippen molar-refractivity contribution in [3.63, 3.8) is 0 Å². The third-order valence-electron chi connectivity index (χ3n) is 2.23. The molecule has 0 unspecified atom stereocenters. The number of hydrogen-bond acceptors (Lipinski definition) is 3. The van der Waals surface area contributed by atoms with Gasteiger partial charge in [0.05, 0.1) is 10.6 Å². The Hall–Kier alpha value is -0.980. The fraction of sp³-hybridized carbons (Fsp3) is 0.364. The fourth-order valence-corrected chi connectivity index (χ4v) is 2.99. The van der Waals surface area contributed by atoms with Gasteiger partial charge in [0.2, 0.25) is 10.0 Å². The van der Waals surface area contributed by atoms with Crippen LogP contribution in [0.2, 0.25) is 5.02 Å². The number of hydrogen-bond donors (Lipinski definition) is 1. The highest BCUT2D eigenvalue weighted by Gasteiger charge is 2.21. The number of rotatable bonds is 5. The second-order valence-electron chi connectivity index (χ2n) is 3.72. The largest absolute Gasteiger partial charge is 0.294 e. The van der Waals surface area contributed by atoms with Gasteiger partial charge in [0.1, 0.15) is 10.7 Å². The SMILES string of the molecule is CCCNS(=O)(=O)c1cc(C(C)=O)c(F)cc1Cl. The molecule has 1 rings (SSSR count). The molecule has 0 aliphatic heterocycles. The van der Waals surface area contributed by atoms with Gasteiger partial charge in [-0.05, 0) is 25.5 Å². The van der Waals surface area contributed by atoms with Crippen LogP contribution in [-0.2, 0) is 10.0 Å². The highest BCUT2D eigenvalue weighted by molar-refractivity contribution is 7.89. The van der Waals surface area contributed by atoms with Gasteiger partial charge in [0, 0.05) is 6.54 Å². The zero-order chi connectivity index (χ0) is 13.9. The summed E-state index contributed by atoms with van der Waals surface area (Å²) in [7, 11) is -3.83. The smallest absolute Gasteiger partial charge is 0.242 e. The summed E-state index contributed by atoms with van der Waals surface area (Å²) < 4.78 is 39.4. The molecule has 0 aliphatic rings. The minimum atomic E-state index is -3.83. The molecule has 18 heavy (non-hydrogen) atoms. The van der Waals surface area contributed by atoms with Crippen LogP contribution in [0, 0.1) is 5.82 Å². The van der Waals surface area contributed by atoms with Crippen LogP contribution in [0.5, 0.6) is 0 Å². The lowest BCUT2D eigenvalue weighted by molar-refractivity contribution is 0.101. The first-order valence-electron chi connectivity index (χ1n) is 5.29. The van der Waals surface area contributed by atoms with E-state index in [0.717, 1.165) is 19.1 Å². The molecule has 0 radical (unpaired) electrons. The van der Waals surface area contributed by atoms with Gasteiger partial charge < -0.3 is 0 Å². The number of sulfonamides is 1. The molecule has 0 spiro atoms. The topological polar surface area (TPSA) is 63.2 Å². The van der Waals surface area contributed by atoms with Gasteiger partial charge in [0.15, 0.2) is 5.78 Å². The molecular formula is C11H13ClFNO3S. The average molecular weight is 294 g/mol. The number of Topliss-reactive ketones (excluding diaryl/α,β-unsaturated/α-hetero) is 1. The molecule has 4 nitrogen and oxygen atoms in total. The number of benzene rings is 1. The van der Waals surface area contributed by atoms with Crippen molar-refractivity contribution in [2.24, 2.45) is 0 Å². The summed E-state index contributed by atoms with van der Waals surface area (Å²) in [6.07, 6.45) is 0.609. The highest BCUT2D eigenvalue weighted by Crippen LogP contribution is 2.25. The van der Waals surface area contributed by atoms with Crippen molar-refractivity contribution in [3.05, 3.63) is 28.5 Å². The quantitative estimate of drug-likeness (QED) is 0.848. The van der Waals surface area contributed by atoms with Crippen molar-refractivity contribution in [2.75, 3.05) is 6.54 Å². The molecule has 0 saturated carbocycles. The first-order valence-corrected chi connectivity index (χ1v) is 7.15. The van der Waals surface area contributed by atoms with Crippen molar-refractivity contribution >= 4 is 27.4 Å². The van der Waals surface area contributed by atoms with Crippen LogP contribution >= 0.6 is 11.6 Å². The van der Waals surface area contributed by atoms with E-state index in [9.17, 15) is 17.6 Å². The summed E-state index contributed by atoms with van der Waals surface area (Å²) in [5.74, 6) is -1.39. The molecule has 1 N–H and O–H groups in total. The molecule has 0 aliphatic carbocycles. The predicted molar refractivity (Wildman–Crippen MR) is 66.9 cm³/mol. The molecule has 0 fully saturated rings. The minimum absolute atomic E-state index is 0.242. The Morgan fingerprint density at radius 3 is 2.56 bits per heavy atom. The van der Waals surface area contributed by atoms with Gasteiger partial charge in [-0.1, -0.05) is 18.5 Å². The van der Waals surface area contributed by atoms with Crippen molar-refractivity contribution in [2.45, 2.75) is 25.2 Å². The van der Waals surface area contributed by atoms with Crippen LogP contribution in [-0.4, -0.2) is 20.7 Å². The maximum absolute atomic E-state index is 13.4. The van der Waals surface area contributed by atoms with E-state index in [2.05, 4.69) is 4.72 Å². The van der Waals surface area contributed by atoms with E-state index in [1.165, 1.54) is 0 Å². The molecule has 100 valence electrons. The first-order chi connectivity index (χ1) is 8.29. The van der Waals surface area contributed by atoms with E-state index in [0.29, 0.717) is 6.42 Å². The van der Waals surface area contributed by atoms with Crippen LogP contribution < -0.4 is 4.72 Å². The van der Waals surface area contributed by atoms with E-state index in [-0.39, 0.29) is 22.0 Å². The van der Waals surface area contributed by atoms with E-state index >= 15 is 0 Å². The first kappa shape index (κ1) is 15.1. The summed E-state index contributed by atoms with van der Waals surface area (Å²) in [5, 5.41) is -0.249. The Balaban J connectivity index is 3.33. The number of ketones is 1. The van der Waals surface area contributed by atoms with E-state index in [1.807, 2.05) is 0 Å². The van der Waals surface area contributed by atoms with Gasteiger partial charge in [-0.3, -0.25) is 4.79 Å². The van der Waals surface area contributed by atoms with E-state index < -0.39 is 21.6 Å². The average Bonchev–Trinajstić information content (AvgIpc) is 2.25. The number of carbonyl (C=O) groups is 1. The number of nitrogens with one attached hydrogen (secondary N) is 1. The summed E-state index contributed by atoms with van der Waals surface area (Å²) in [6, 6.07) is 1.79. The third-order valence-corrected chi connectivity index (χ3v) is 4.16. The second-order valence-corrected chi connectivity index (χ2v) is 5.86. The standard InChI is InChI=1S/C11H13ClFNO3S/c1-3-4-14-18(16,17)11-5-8(7(2)15)10(13)6-9(11)12/h5-6,14H,3-4H2,1-2H3. The highest BCUT2D eigenvalue weighted by atomic mass is 35.5. The van der Waals surface area contributed by atoms with Crippen molar-refractivity contribution < 1.29 is 17.6 Å². The van der Waals surface area contributed by atoms with E-state index in [1.54, 1.807) is 6.92 Å². The van der Waals surface area contributed by atoms with E-state index in [4.69, 9.17) is 11.6 Å². The summed E-state index contributed by atoms with van der Waals surface area (Å²) in [5.41, 5.74) is -0.295. The zero-order valence-electron chi connectivity index (χ0n) is 9.96.